The van der Waals surface area contributed by atoms with Crippen molar-refractivity contribution in [3.05, 3.63) is 57.7 Å². The molecule has 0 unspecified atom stereocenters. The molecule has 0 bridgehead atoms. The standard InChI is InChI=1S/C23H27BrF2N2O3/c1-22(2,3)31-20(29)10-15(7-14-8-16(25)11-17(26)9-14)21-18(24)5-6-19(27-21)28-12-23(4,30)13-28/h5-6,8-9,11,15,30H,7,10,12-13H2,1-4H3/t15-/m1/s1. The van der Waals surface area contributed by atoms with Crippen LogP contribution in [0.3, 0.4) is 0 Å². The molecule has 1 aromatic heterocycles. The number of aromatic nitrogens is 1. The molecule has 0 radical (unpaired) electrons. The number of esters is 1. The van der Waals surface area contributed by atoms with Gasteiger partial charge < -0.3 is 14.7 Å². The van der Waals surface area contributed by atoms with Crippen molar-refractivity contribution in [1.29, 1.82) is 0 Å². The predicted octanol–water partition coefficient (Wildman–Crippen LogP) is 4.75. The zero-order valence-electron chi connectivity index (χ0n) is 18.1. The van der Waals surface area contributed by atoms with E-state index in [0.29, 0.717) is 34.6 Å². The normalized spacial score (nSPS) is 16.6. The van der Waals surface area contributed by atoms with E-state index in [1.54, 1.807) is 27.7 Å². The van der Waals surface area contributed by atoms with Gasteiger partial charge in [-0.25, -0.2) is 13.8 Å². The zero-order chi connectivity index (χ0) is 23.0. The van der Waals surface area contributed by atoms with Crippen LogP contribution in [0.5, 0.6) is 0 Å². The molecule has 1 atom stereocenters. The SMILES string of the molecule is CC1(O)CN(c2ccc(Br)c([C@@H](CC(=O)OC(C)(C)C)Cc3cc(F)cc(F)c3)n2)C1. The maximum absolute atomic E-state index is 13.8. The summed E-state index contributed by atoms with van der Waals surface area (Å²) in [5, 5.41) is 10.0. The van der Waals surface area contributed by atoms with Gasteiger partial charge in [0, 0.05) is 29.5 Å². The number of halogens is 3. The molecule has 1 aromatic carbocycles. The van der Waals surface area contributed by atoms with Crippen LogP contribution in [0.15, 0.2) is 34.8 Å². The number of β-amino-alcohol motifs (C(OH)–C–C–N with tert-alkyl or cyclic N) is 1. The molecule has 1 aliphatic rings. The fraction of sp³-hybridized carbons (Fsp3) is 0.478. The van der Waals surface area contributed by atoms with Crippen LogP contribution in [0.2, 0.25) is 0 Å². The van der Waals surface area contributed by atoms with Gasteiger partial charge >= 0.3 is 5.97 Å². The molecule has 3 rings (SSSR count). The molecule has 1 saturated heterocycles. The number of ether oxygens (including phenoxy) is 1. The minimum absolute atomic E-state index is 0.00215. The molecular formula is C23H27BrF2N2O3. The number of pyridine rings is 1. The zero-order valence-corrected chi connectivity index (χ0v) is 19.7. The highest BCUT2D eigenvalue weighted by Gasteiger charge is 2.37. The minimum Gasteiger partial charge on any atom is -0.460 e. The van der Waals surface area contributed by atoms with Crippen LogP contribution in [0, 0.1) is 11.6 Å². The Balaban J connectivity index is 1.92. The average Bonchev–Trinajstić information content (AvgIpc) is 2.57. The number of nitrogens with zero attached hydrogens (tertiary/aromatic N) is 2. The lowest BCUT2D eigenvalue weighted by molar-refractivity contribution is -0.155. The Morgan fingerprint density at radius 3 is 2.42 bits per heavy atom. The lowest BCUT2D eigenvalue weighted by Crippen LogP contribution is -2.60. The summed E-state index contributed by atoms with van der Waals surface area (Å²) in [5.74, 6) is -1.55. The number of hydrogen-bond acceptors (Lipinski definition) is 5. The highest BCUT2D eigenvalue weighted by molar-refractivity contribution is 9.10. The van der Waals surface area contributed by atoms with Crippen LogP contribution >= 0.6 is 15.9 Å². The van der Waals surface area contributed by atoms with E-state index < -0.39 is 34.7 Å². The Kier molecular flexibility index (Phi) is 6.72. The van der Waals surface area contributed by atoms with Gasteiger partial charge in [0.25, 0.3) is 0 Å². The van der Waals surface area contributed by atoms with Gasteiger partial charge in [-0.1, -0.05) is 0 Å². The molecular weight excluding hydrogens is 470 g/mol. The molecule has 0 amide bonds. The Morgan fingerprint density at radius 2 is 1.87 bits per heavy atom. The summed E-state index contributed by atoms with van der Waals surface area (Å²) >= 11 is 3.51. The maximum atomic E-state index is 13.8. The fourth-order valence-electron chi connectivity index (χ4n) is 3.71. The van der Waals surface area contributed by atoms with E-state index in [9.17, 15) is 18.7 Å². The van der Waals surface area contributed by atoms with Crippen LogP contribution < -0.4 is 4.90 Å². The summed E-state index contributed by atoms with van der Waals surface area (Å²) in [4.78, 5) is 19.2. The molecule has 8 heteroatoms. The van der Waals surface area contributed by atoms with E-state index in [0.717, 1.165) is 6.07 Å². The smallest absolute Gasteiger partial charge is 0.306 e. The Morgan fingerprint density at radius 1 is 1.26 bits per heavy atom. The van der Waals surface area contributed by atoms with Crippen molar-refractivity contribution >= 4 is 27.7 Å². The monoisotopic (exact) mass is 496 g/mol. The molecule has 0 saturated carbocycles. The van der Waals surface area contributed by atoms with E-state index >= 15 is 0 Å². The predicted molar refractivity (Wildman–Crippen MR) is 118 cm³/mol. The van der Waals surface area contributed by atoms with Crippen molar-refractivity contribution in [1.82, 2.24) is 4.98 Å². The first-order chi connectivity index (χ1) is 14.3. The first-order valence-electron chi connectivity index (χ1n) is 10.1. The number of carbonyl (C=O) groups is 1. The number of rotatable bonds is 6. The first kappa shape index (κ1) is 23.6. The van der Waals surface area contributed by atoms with E-state index in [-0.39, 0.29) is 12.8 Å². The molecule has 2 aromatic rings. The van der Waals surface area contributed by atoms with Gasteiger partial charge in [-0.05, 0) is 79.9 Å². The van der Waals surface area contributed by atoms with Crippen LogP contribution in [0.1, 0.15) is 51.3 Å². The van der Waals surface area contributed by atoms with E-state index in [1.807, 2.05) is 17.0 Å². The third-order valence-corrected chi connectivity index (χ3v) is 5.54. The Hall–Kier alpha value is -2.06. The van der Waals surface area contributed by atoms with E-state index in [4.69, 9.17) is 9.72 Å². The lowest BCUT2D eigenvalue weighted by Gasteiger charge is -2.45. The minimum atomic E-state index is -0.760. The second-order valence-electron chi connectivity index (χ2n) is 9.36. The summed E-state index contributed by atoms with van der Waals surface area (Å²) in [6.45, 7) is 8.01. The maximum Gasteiger partial charge on any atom is 0.306 e. The second-order valence-corrected chi connectivity index (χ2v) is 10.2. The van der Waals surface area contributed by atoms with Crippen molar-refractivity contribution in [2.24, 2.45) is 0 Å². The number of benzene rings is 1. The molecule has 0 aliphatic carbocycles. The second kappa shape index (κ2) is 8.82. The summed E-state index contributed by atoms with van der Waals surface area (Å²) in [7, 11) is 0. The lowest BCUT2D eigenvalue weighted by atomic mass is 9.92. The number of carbonyl (C=O) groups excluding carboxylic acids is 1. The highest BCUT2D eigenvalue weighted by Crippen LogP contribution is 2.34. The molecule has 1 aliphatic heterocycles. The molecule has 1 fully saturated rings. The van der Waals surface area contributed by atoms with E-state index in [2.05, 4.69) is 15.9 Å². The van der Waals surface area contributed by atoms with E-state index in [1.165, 1.54) is 12.1 Å². The van der Waals surface area contributed by atoms with Crippen LogP contribution in [0.4, 0.5) is 14.6 Å². The van der Waals surface area contributed by atoms with Gasteiger partial charge in [0.1, 0.15) is 23.1 Å². The topological polar surface area (TPSA) is 62.7 Å². The highest BCUT2D eigenvalue weighted by atomic mass is 79.9. The molecule has 1 N–H and O–H groups in total. The van der Waals surface area contributed by atoms with Crippen LogP contribution in [0.25, 0.3) is 0 Å². The van der Waals surface area contributed by atoms with Crippen LogP contribution in [-0.4, -0.2) is 40.4 Å². The van der Waals surface area contributed by atoms with Crippen molar-refractivity contribution in [2.75, 3.05) is 18.0 Å². The fourth-order valence-corrected chi connectivity index (χ4v) is 4.26. The van der Waals surface area contributed by atoms with Gasteiger partial charge in [-0.2, -0.15) is 0 Å². The van der Waals surface area contributed by atoms with Crippen molar-refractivity contribution in [3.8, 4) is 0 Å². The summed E-state index contributed by atoms with van der Waals surface area (Å²) in [6, 6.07) is 7.00. The summed E-state index contributed by atoms with van der Waals surface area (Å²) < 4.78 is 33.7. The quantitative estimate of drug-likeness (QED) is 0.584. The third kappa shape index (κ3) is 6.46. The molecule has 0 spiro atoms. The van der Waals surface area contributed by atoms with Crippen molar-refractivity contribution in [3.63, 3.8) is 0 Å². The summed E-state index contributed by atoms with van der Waals surface area (Å²) in [6.07, 6.45) is 0.211. The molecule has 2 heterocycles. The van der Waals surface area contributed by atoms with Gasteiger partial charge in [-0.3, -0.25) is 4.79 Å². The number of aliphatic hydroxyl groups is 1. The molecule has 168 valence electrons. The third-order valence-electron chi connectivity index (χ3n) is 4.87. The first-order valence-corrected chi connectivity index (χ1v) is 10.9. The van der Waals surface area contributed by atoms with Crippen LogP contribution in [-0.2, 0) is 16.0 Å². The Bertz CT molecular complexity index is 948. The molecule has 5 nitrogen and oxygen atoms in total. The largest absolute Gasteiger partial charge is 0.460 e. The van der Waals surface area contributed by atoms with Gasteiger partial charge in [0.05, 0.1) is 17.7 Å². The number of hydrogen-bond donors (Lipinski definition) is 1. The Labute approximate surface area is 189 Å². The molecule has 31 heavy (non-hydrogen) atoms. The van der Waals surface area contributed by atoms with Crippen molar-refractivity contribution in [2.45, 2.75) is 57.7 Å². The van der Waals surface area contributed by atoms with Crippen molar-refractivity contribution < 1.29 is 23.4 Å². The van der Waals surface area contributed by atoms with Gasteiger partial charge in [-0.15, -0.1) is 0 Å². The van der Waals surface area contributed by atoms with Gasteiger partial charge in [0.15, 0.2) is 0 Å². The van der Waals surface area contributed by atoms with Gasteiger partial charge in [0.2, 0.25) is 0 Å². The number of anilines is 1. The summed E-state index contributed by atoms with van der Waals surface area (Å²) in [5.41, 5.74) is -0.386. The average molecular weight is 497 g/mol.